The van der Waals surface area contributed by atoms with Crippen molar-refractivity contribution in [1.82, 2.24) is 24.7 Å². The van der Waals surface area contributed by atoms with Gasteiger partial charge in [0.05, 0.1) is 17.8 Å². The van der Waals surface area contributed by atoms with E-state index < -0.39 is 0 Å². The molecule has 2 aromatic rings. The summed E-state index contributed by atoms with van der Waals surface area (Å²) in [6, 6.07) is 8.98. The van der Waals surface area contributed by atoms with Gasteiger partial charge in [0, 0.05) is 31.2 Å². The van der Waals surface area contributed by atoms with Crippen molar-refractivity contribution < 1.29 is 0 Å². The Morgan fingerprint density at radius 3 is 2.69 bits per heavy atom. The lowest BCUT2D eigenvalue weighted by Crippen LogP contribution is -2.32. The third kappa shape index (κ3) is 4.07. The summed E-state index contributed by atoms with van der Waals surface area (Å²) in [4.78, 5) is 9.14. The molecular formula is C20H29N5S. The van der Waals surface area contributed by atoms with Gasteiger partial charge in [-0.25, -0.2) is 0 Å². The zero-order valence-electron chi connectivity index (χ0n) is 16.1. The van der Waals surface area contributed by atoms with Crippen LogP contribution in [0.1, 0.15) is 49.7 Å². The molecule has 0 saturated carbocycles. The Hall–Kier alpha value is -1.92. The fraction of sp³-hybridized carbons (Fsp3) is 0.500. The number of nitrogens with one attached hydrogen (secondary N) is 1. The molecule has 6 heteroatoms. The maximum atomic E-state index is 5.70. The van der Waals surface area contributed by atoms with Gasteiger partial charge in [-0.15, -0.1) is 0 Å². The molecule has 1 aliphatic rings. The maximum Gasteiger partial charge on any atom is 0.170 e. The Balaban J connectivity index is 1.90. The van der Waals surface area contributed by atoms with Gasteiger partial charge in [0.15, 0.2) is 5.11 Å². The number of aromatic nitrogens is 2. The zero-order chi connectivity index (χ0) is 18.7. The molecule has 1 fully saturated rings. The lowest BCUT2D eigenvalue weighted by molar-refractivity contribution is 0.293. The Bertz CT molecular complexity index is 725. The highest BCUT2D eigenvalue weighted by atomic mass is 32.1. The summed E-state index contributed by atoms with van der Waals surface area (Å²) in [5.74, 6) is 0. The predicted octanol–water partition coefficient (Wildman–Crippen LogP) is 3.39. The van der Waals surface area contributed by atoms with E-state index in [-0.39, 0.29) is 12.1 Å². The molecule has 0 unspecified atom stereocenters. The van der Waals surface area contributed by atoms with Gasteiger partial charge in [-0.1, -0.05) is 6.07 Å². The summed E-state index contributed by atoms with van der Waals surface area (Å²) in [6.07, 6.45) is 7.34. The van der Waals surface area contributed by atoms with Crippen molar-refractivity contribution in [2.75, 3.05) is 27.2 Å². The molecule has 26 heavy (non-hydrogen) atoms. The van der Waals surface area contributed by atoms with Crippen LogP contribution in [0.15, 0.2) is 42.9 Å². The first-order chi connectivity index (χ1) is 12.5. The fourth-order valence-corrected chi connectivity index (χ4v) is 3.83. The van der Waals surface area contributed by atoms with Crippen LogP contribution >= 0.6 is 12.2 Å². The van der Waals surface area contributed by atoms with E-state index in [2.05, 4.69) is 77.1 Å². The van der Waals surface area contributed by atoms with Crippen LogP contribution in [0.2, 0.25) is 0 Å². The molecule has 2 aromatic heterocycles. The standard InChI is InChI=1S/C20H29N5S/c1-15(2)24-13-9-16(14-24)19-18(17-8-5-6-10-21-17)22-20(26)25(19)12-7-11-23(3)4/h5-6,8-10,13-15,18-19H,7,11-12H2,1-4H3,(H,22,26)/t18-,19-/m0/s1. The average molecular weight is 372 g/mol. The molecule has 1 N–H and O–H groups in total. The van der Waals surface area contributed by atoms with Crippen LogP contribution in [0.3, 0.4) is 0 Å². The summed E-state index contributed by atoms with van der Waals surface area (Å²) in [5.41, 5.74) is 2.32. The van der Waals surface area contributed by atoms with Crippen LogP contribution in [0.25, 0.3) is 0 Å². The summed E-state index contributed by atoms with van der Waals surface area (Å²) in [5, 5.41) is 4.34. The van der Waals surface area contributed by atoms with Gasteiger partial charge in [-0.2, -0.15) is 0 Å². The molecule has 2 atom stereocenters. The third-order valence-corrected chi connectivity index (χ3v) is 5.23. The molecule has 0 bridgehead atoms. The van der Waals surface area contributed by atoms with Gasteiger partial charge in [-0.05, 0) is 76.9 Å². The molecule has 1 saturated heterocycles. The van der Waals surface area contributed by atoms with Gasteiger partial charge >= 0.3 is 0 Å². The maximum absolute atomic E-state index is 5.70. The second-order valence-electron chi connectivity index (χ2n) is 7.46. The molecule has 0 amide bonds. The van der Waals surface area contributed by atoms with E-state index in [1.165, 1.54) is 5.56 Å². The van der Waals surface area contributed by atoms with Crippen molar-refractivity contribution in [1.29, 1.82) is 0 Å². The minimum atomic E-state index is 0.0751. The van der Waals surface area contributed by atoms with Crippen molar-refractivity contribution in [3.05, 3.63) is 54.1 Å². The average Bonchev–Trinajstić information content (AvgIpc) is 3.21. The van der Waals surface area contributed by atoms with E-state index in [0.717, 1.165) is 30.3 Å². The molecule has 3 rings (SSSR count). The first kappa shape index (κ1) is 18.9. The minimum absolute atomic E-state index is 0.0751. The van der Waals surface area contributed by atoms with E-state index in [1.54, 1.807) is 0 Å². The van der Waals surface area contributed by atoms with Crippen LogP contribution < -0.4 is 5.32 Å². The molecule has 3 heterocycles. The predicted molar refractivity (Wildman–Crippen MR) is 110 cm³/mol. The normalized spacial score (nSPS) is 20.2. The molecule has 0 spiro atoms. The van der Waals surface area contributed by atoms with Crippen molar-refractivity contribution in [2.24, 2.45) is 0 Å². The largest absolute Gasteiger partial charge is 0.352 e. The quantitative estimate of drug-likeness (QED) is 0.755. The Kier molecular flexibility index (Phi) is 5.94. The highest BCUT2D eigenvalue weighted by Gasteiger charge is 2.39. The Morgan fingerprint density at radius 1 is 1.27 bits per heavy atom. The summed E-state index contributed by atoms with van der Waals surface area (Å²) >= 11 is 5.70. The molecule has 0 aliphatic carbocycles. The van der Waals surface area contributed by atoms with Crippen molar-refractivity contribution in [3.8, 4) is 0 Å². The molecule has 1 aliphatic heterocycles. The lowest BCUT2D eigenvalue weighted by atomic mass is 9.99. The fourth-order valence-electron chi connectivity index (χ4n) is 3.49. The molecule has 0 radical (unpaired) electrons. The monoisotopic (exact) mass is 371 g/mol. The van der Waals surface area contributed by atoms with Gasteiger partial charge in [0.2, 0.25) is 0 Å². The zero-order valence-corrected chi connectivity index (χ0v) is 16.9. The van der Waals surface area contributed by atoms with Gasteiger partial charge < -0.3 is 19.7 Å². The number of hydrogen-bond acceptors (Lipinski definition) is 3. The van der Waals surface area contributed by atoms with Crippen molar-refractivity contribution in [3.63, 3.8) is 0 Å². The number of rotatable bonds is 7. The SMILES string of the molecule is CC(C)n1ccc([C@H]2[C@H](c3ccccn3)NC(=S)N2CCCN(C)C)c1. The molecule has 0 aromatic carbocycles. The molecule has 5 nitrogen and oxygen atoms in total. The number of thiocarbonyl (C=S) groups is 1. The minimum Gasteiger partial charge on any atom is -0.352 e. The van der Waals surface area contributed by atoms with Gasteiger partial charge in [0.1, 0.15) is 0 Å². The van der Waals surface area contributed by atoms with Crippen LogP contribution in [-0.2, 0) is 0 Å². The van der Waals surface area contributed by atoms with Gasteiger partial charge in [0.25, 0.3) is 0 Å². The third-order valence-electron chi connectivity index (χ3n) is 4.88. The highest BCUT2D eigenvalue weighted by molar-refractivity contribution is 7.80. The van der Waals surface area contributed by atoms with Crippen LogP contribution in [0.4, 0.5) is 0 Å². The highest BCUT2D eigenvalue weighted by Crippen LogP contribution is 2.38. The lowest BCUT2D eigenvalue weighted by Gasteiger charge is -2.27. The summed E-state index contributed by atoms with van der Waals surface area (Å²) in [6.45, 7) is 6.39. The smallest absolute Gasteiger partial charge is 0.170 e. The van der Waals surface area contributed by atoms with E-state index >= 15 is 0 Å². The number of pyridine rings is 1. The second-order valence-corrected chi connectivity index (χ2v) is 7.85. The van der Waals surface area contributed by atoms with Crippen molar-refractivity contribution >= 4 is 17.3 Å². The Morgan fingerprint density at radius 2 is 2.08 bits per heavy atom. The first-order valence-electron chi connectivity index (χ1n) is 9.27. The first-order valence-corrected chi connectivity index (χ1v) is 9.68. The topological polar surface area (TPSA) is 36.3 Å². The van der Waals surface area contributed by atoms with Crippen molar-refractivity contribution in [2.45, 2.75) is 38.4 Å². The van der Waals surface area contributed by atoms with Crippen LogP contribution in [0.5, 0.6) is 0 Å². The van der Waals surface area contributed by atoms with E-state index in [9.17, 15) is 0 Å². The summed E-state index contributed by atoms with van der Waals surface area (Å²) < 4.78 is 2.25. The second kappa shape index (κ2) is 8.18. The van der Waals surface area contributed by atoms with E-state index in [4.69, 9.17) is 12.2 Å². The number of hydrogen-bond donors (Lipinski definition) is 1. The Labute approximate surface area is 162 Å². The van der Waals surface area contributed by atoms with Gasteiger partial charge in [-0.3, -0.25) is 4.98 Å². The molecule has 140 valence electrons. The van der Waals surface area contributed by atoms with Crippen LogP contribution in [0, 0.1) is 0 Å². The molecular weight excluding hydrogens is 342 g/mol. The van der Waals surface area contributed by atoms with E-state index in [1.807, 2.05) is 18.3 Å². The summed E-state index contributed by atoms with van der Waals surface area (Å²) in [7, 11) is 4.22. The van der Waals surface area contributed by atoms with Crippen LogP contribution in [-0.4, -0.2) is 51.6 Å². The van der Waals surface area contributed by atoms with E-state index in [0.29, 0.717) is 6.04 Å². The number of nitrogens with zero attached hydrogens (tertiary/aromatic N) is 4.